The van der Waals surface area contributed by atoms with Crippen molar-refractivity contribution in [2.45, 2.75) is 26.8 Å². The van der Waals surface area contributed by atoms with Crippen molar-refractivity contribution in [3.05, 3.63) is 27.7 Å². The molecule has 1 N–H and O–H groups in total. The van der Waals surface area contributed by atoms with Crippen LogP contribution in [0.3, 0.4) is 0 Å². The number of halogens is 1. The molecular formula is C14H20BrNO3. The first-order chi connectivity index (χ1) is 9.08. The predicted octanol–water partition coefficient (Wildman–Crippen LogP) is 2.81. The summed E-state index contributed by atoms with van der Waals surface area (Å²) in [4.78, 5) is 11.2. The molecule has 0 aliphatic rings. The van der Waals surface area contributed by atoms with Crippen molar-refractivity contribution in [1.82, 2.24) is 5.32 Å². The van der Waals surface area contributed by atoms with Crippen LogP contribution in [-0.4, -0.2) is 26.2 Å². The molecule has 106 valence electrons. The van der Waals surface area contributed by atoms with Gasteiger partial charge in [0.25, 0.3) is 0 Å². The highest BCUT2D eigenvalue weighted by Gasteiger charge is 2.11. The highest BCUT2D eigenvalue weighted by Crippen LogP contribution is 2.28. The van der Waals surface area contributed by atoms with E-state index in [9.17, 15) is 4.79 Å². The summed E-state index contributed by atoms with van der Waals surface area (Å²) in [7, 11) is 1.35. The van der Waals surface area contributed by atoms with Gasteiger partial charge in [-0.05, 0) is 37.6 Å². The smallest absolute Gasteiger partial charge is 0.343 e. The van der Waals surface area contributed by atoms with Crippen LogP contribution in [-0.2, 0) is 16.1 Å². The maximum absolute atomic E-state index is 11.2. The van der Waals surface area contributed by atoms with E-state index in [0.717, 1.165) is 34.3 Å². The molecule has 0 saturated heterocycles. The zero-order chi connectivity index (χ0) is 14.3. The van der Waals surface area contributed by atoms with E-state index >= 15 is 0 Å². The Morgan fingerprint density at radius 3 is 2.79 bits per heavy atom. The molecule has 0 aliphatic carbocycles. The first kappa shape index (κ1) is 16.0. The van der Waals surface area contributed by atoms with Crippen molar-refractivity contribution >= 4 is 21.9 Å². The number of hydrogen-bond donors (Lipinski definition) is 1. The third-order valence-electron chi connectivity index (χ3n) is 2.62. The maximum atomic E-state index is 11.2. The van der Waals surface area contributed by atoms with E-state index in [2.05, 4.69) is 32.9 Å². The number of rotatable bonds is 7. The molecular weight excluding hydrogens is 310 g/mol. The molecule has 0 aromatic heterocycles. The van der Waals surface area contributed by atoms with Crippen LogP contribution in [0.15, 0.2) is 16.6 Å². The van der Waals surface area contributed by atoms with Crippen LogP contribution in [0.4, 0.5) is 0 Å². The van der Waals surface area contributed by atoms with E-state index in [-0.39, 0.29) is 12.6 Å². The minimum absolute atomic E-state index is 0.0697. The van der Waals surface area contributed by atoms with Gasteiger partial charge in [-0.15, -0.1) is 0 Å². The molecule has 1 aromatic rings. The first-order valence-electron chi connectivity index (χ1n) is 6.27. The minimum Gasteiger partial charge on any atom is -0.481 e. The number of carbonyl (C=O) groups is 1. The number of nitrogens with one attached hydrogen (secondary N) is 1. The lowest BCUT2D eigenvalue weighted by Gasteiger charge is -2.14. The normalized spacial score (nSPS) is 10.3. The van der Waals surface area contributed by atoms with Gasteiger partial charge in [-0.25, -0.2) is 4.79 Å². The molecule has 0 bridgehead atoms. The first-order valence-corrected chi connectivity index (χ1v) is 7.07. The second-order valence-corrected chi connectivity index (χ2v) is 5.17. The lowest BCUT2D eigenvalue weighted by molar-refractivity contribution is -0.142. The molecule has 0 heterocycles. The van der Waals surface area contributed by atoms with Gasteiger partial charge in [0.1, 0.15) is 5.75 Å². The molecule has 5 heteroatoms. The fourth-order valence-corrected chi connectivity index (χ4v) is 2.35. The second-order valence-electron chi connectivity index (χ2n) is 4.25. The van der Waals surface area contributed by atoms with Gasteiger partial charge in [0.15, 0.2) is 6.61 Å². The quantitative estimate of drug-likeness (QED) is 0.617. The molecule has 0 aliphatic heterocycles. The minimum atomic E-state index is -0.380. The molecule has 19 heavy (non-hydrogen) atoms. The Labute approximate surface area is 122 Å². The highest BCUT2D eigenvalue weighted by molar-refractivity contribution is 9.10. The van der Waals surface area contributed by atoms with Crippen LogP contribution < -0.4 is 10.1 Å². The molecule has 0 spiro atoms. The number of carbonyl (C=O) groups excluding carboxylic acids is 1. The van der Waals surface area contributed by atoms with Crippen molar-refractivity contribution in [2.24, 2.45) is 0 Å². The number of hydrogen-bond acceptors (Lipinski definition) is 4. The van der Waals surface area contributed by atoms with Gasteiger partial charge in [-0.3, -0.25) is 0 Å². The molecule has 1 rings (SSSR count). The zero-order valence-electron chi connectivity index (χ0n) is 11.6. The van der Waals surface area contributed by atoms with Crippen LogP contribution >= 0.6 is 15.9 Å². The van der Waals surface area contributed by atoms with E-state index < -0.39 is 0 Å². The van der Waals surface area contributed by atoms with Gasteiger partial charge >= 0.3 is 5.97 Å². The summed E-state index contributed by atoms with van der Waals surface area (Å²) in [6.45, 7) is 5.67. The van der Waals surface area contributed by atoms with E-state index in [1.54, 1.807) is 0 Å². The molecule has 4 nitrogen and oxygen atoms in total. The monoisotopic (exact) mass is 329 g/mol. The average molecular weight is 330 g/mol. The van der Waals surface area contributed by atoms with Crippen LogP contribution in [0, 0.1) is 6.92 Å². The van der Waals surface area contributed by atoms with Crippen molar-refractivity contribution < 1.29 is 14.3 Å². The van der Waals surface area contributed by atoms with Crippen molar-refractivity contribution in [2.75, 3.05) is 20.3 Å². The fourth-order valence-electron chi connectivity index (χ4n) is 1.73. The van der Waals surface area contributed by atoms with Gasteiger partial charge < -0.3 is 14.8 Å². The van der Waals surface area contributed by atoms with E-state index in [4.69, 9.17) is 4.74 Å². The molecule has 1 aromatic carbocycles. The van der Waals surface area contributed by atoms with Crippen LogP contribution in [0.25, 0.3) is 0 Å². The Balaban J connectivity index is 2.83. The highest BCUT2D eigenvalue weighted by atomic mass is 79.9. The van der Waals surface area contributed by atoms with Gasteiger partial charge in [0.05, 0.1) is 7.11 Å². The second kappa shape index (κ2) is 8.17. The van der Waals surface area contributed by atoms with Gasteiger partial charge in [0.2, 0.25) is 0 Å². The van der Waals surface area contributed by atoms with Gasteiger partial charge in [-0.2, -0.15) is 0 Å². The summed E-state index contributed by atoms with van der Waals surface area (Å²) < 4.78 is 11.2. The Morgan fingerprint density at radius 2 is 2.16 bits per heavy atom. The lowest BCUT2D eigenvalue weighted by atomic mass is 10.1. The van der Waals surface area contributed by atoms with Crippen molar-refractivity contribution in [1.29, 1.82) is 0 Å². The molecule has 0 radical (unpaired) electrons. The SMILES string of the molecule is CCCNCc1cc(Br)cc(C)c1OCC(=O)OC. The summed E-state index contributed by atoms with van der Waals surface area (Å²) in [5, 5.41) is 3.33. The number of benzene rings is 1. The third-order valence-corrected chi connectivity index (χ3v) is 3.08. The predicted molar refractivity (Wildman–Crippen MR) is 78.4 cm³/mol. The molecule has 0 atom stereocenters. The largest absolute Gasteiger partial charge is 0.481 e. The van der Waals surface area contributed by atoms with Gasteiger partial charge in [-0.1, -0.05) is 22.9 Å². The van der Waals surface area contributed by atoms with Crippen LogP contribution in [0.5, 0.6) is 5.75 Å². The molecule has 0 unspecified atom stereocenters. The molecule has 0 fully saturated rings. The summed E-state index contributed by atoms with van der Waals surface area (Å²) in [6, 6.07) is 3.97. The van der Waals surface area contributed by atoms with E-state index in [0.29, 0.717) is 6.54 Å². The Bertz CT molecular complexity index is 435. The molecule has 0 saturated carbocycles. The number of esters is 1. The van der Waals surface area contributed by atoms with Gasteiger partial charge in [0, 0.05) is 16.6 Å². The Morgan fingerprint density at radius 1 is 1.42 bits per heavy atom. The number of aryl methyl sites for hydroxylation is 1. The Hall–Kier alpha value is -1.07. The molecule has 0 amide bonds. The fraction of sp³-hybridized carbons (Fsp3) is 0.500. The maximum Gasteiger partial charge on any atom is 0.343 e. The summed E-state index contributed by atoms with van der Waals surface area (Å²) in [5.74, 6) is 0.368. The topological polar surface area (TPSA) is 47.6 Å². The number of ether oxygens (including phenoxy) is 2. The summed E-state index contributed by atoms with van der Waals surface area (Å²) in [6.07, 6.45) is 1.07. The van der Waals surface area contributed by atoms with E-state index in [1.165, 1.54) is 7.11 Å². The van der Waals surface area contributed by atoms with Crippen molar-refractivity contribution in [3.8, 4) is 5.75 Å². The lowest BCUT2D eigenvalue weighted by Crippen LogP contribution is -2.17. The zero-order valence-corrected chi connectivity index (χ0v) is 13.2. The average Bonchev–Trinajstić information content (AvgIpc) is 2.37. The van der Waals surface area contributed by atoms with Crippen LogP contribution in [0.1, 0.15) is 24.5 Å². The van der Waals surface area contributed by atoms with Crippen molar-refractivity contribution in [3.63, 3.8) is 0 Å². The number of methoxy groups -OCH3 is 1. The van der Waals surface area contributed by atoms with E-state index in [1.807, 2.05) is 19.1 Å². The Kier molecular flexibility index (Phi) is 6.87. The summed E-state index contributed by atoms with van der Waals surface area (Å²) in [5.41, 5.74) is 2.02. The standard InChI is InChI=1S/C14H20BrNO3/c1-4-5-16-8-11-7-12(15)6-10(2)14(11)19-9-13(17)18-3/h6-7,16H,4-5,8-9H2,1-3H3. The van der Waals surface area contributed by atoms with Crippen LogP contribution in [0.2, 0.25) is 0 Å². The third kappa shape index (κ3) is 5.20. The summed E-state index contributed by atoms with van der Waals surface area (Å²) >= 11 is 3.47.